The van der Waals surface area contributed by atoms with Crippen molar-refractivity contribution in [3.8, 4) is 5.75 Å². The number of alkyl halides is 3. The minimum Gasteiger partial charge on any atom is -0.405 e. The number of hydrogen-bond acceptors (Lipinski definition) is 5. The van der Waals surface area contributed by atoms with Crippen LogP contribution in [0, 0.1) is 0 Å². The summed E-state index contributed by atoms with van der Waals surface area (Å²) >= 11 is 1.49. The summed E-state index contributed by atoms with van der Waals surface area (Å²) in [6, 6.07) is 6.25. The SMILES string of the molecule is CSc1ncc2c(n1)CCN(Cc1ccccc1OC(F)(F)F)C2. The second kappa shape index (κ2) is 6.98. The van der Waals surface area contributed by atoms with Gasteiger partial charge in [-0.25, -0.2) is 9.97 Å². The van der Waals surface area contributed by atoms with Gasteiger partial charge < -0.3 is 4.74 Å². The standard InChI is InChI=1S/C16H16F3N3OS/c1-24-15-20-8-12-10-22(7-6-13(12)21-15)9-11-4-2-3-5-14(11)23-16(17,18)19/h2-5,8H,6-7,9-10H2,1H3. The highest BCUT2D eigenvalue weighted by Gasteiger charge is 2.32. The van der Waals surface area contributed by atoms with E-state index in [1.807, 2.05) is 6.26 Å². The molecule has 2 aromatic rings. The average molecular weight is 355 g/mol. The minimum atomic E-state index is -4.69. The van der Waals surface area contributed by atoms with Gasteiger partial charge in [0.15, 0.2) is 5.16 Å². The lowest BCUT2D eigenvalue weighted by atomic mass is 10.1. The molecule has 4 nitrogen and oxygen atoms in total. The predicted octanol–water partition coefficient (Wildman–Crippen LogP) is 3.66. The van der Waals surface area contributed by atoms with Crippen LogP contribution in [-0.4, -0.2) is 34.0 Å². The predicted molar refractivity (Wildman–Crippen MR) is 84.8 cm³/mol. The maximum atomic E-state index is 12.5. The summed E-state index contributed by atoms with van der Waals surface area (Å²) in [5, 5.41) is 0.742. The van der Waals surface area contributed by atoms with Gasteiger partial charge in [0.05, 0.1) is 5.69 Å². The van der Waals surface area contributed by atoms with Crippen molar-refractivity contribution in [2.75, 3.05) is 12.8 Å². The molecule has 0 saturated heterocycles. The molecule has 1 aliphatic rings. The zero-order valence-electron chi connectivity index (χ0n) is 13.0. The summed E-state index contributed by atoms with van der Waals surface area (Å²) in [6.45, 7) is 1.73. The minimum absolute atomic E-state index is 0.148. The number of thioether (sulfide) groups is 1. The van der Waals surface area contributed by atoms with Gasteiger partial charge in [0, 0.05) is 43.4 Å². The normalized spacial score (nSPS) is 15.2. The van der Waals surface area contributed by atoms with Gasteiger partial charge >= 0.3 is 6.36 Å². The molecule has 0 radical (unpaired) electrons. The molecular weight excluding hydrogens is 339 g/mol. The molecule has 0 saturated carbocycles. The lowest BCUT2D eigenvalue weighted by molar-refractivity contribution is -0.275. The molecule has 24 heavy (non-hydrogen) atoms. The summed E-state index contributed by atoms with van der Waals surface area (Å²) in [5.41, 5.74) is 2.55. The van der Waals surface area contributed by atoms with E-state index < -0.39 is 6.36 Å². The van der Waals surface area contributed by atoms with E-state index >= 15 is 0 Å². The van der Waals surface area contributed by atoms with Crippen molar-refractivity contribution in [1.82, 2.24) is 14.9 Å². The van der Waals surface area contributed by atoms with E-state index in [0.29, 0.717) is 18.7 Å². The van der Waals surface area contributed by atoms with Crippen LogP contribution in [0.5, 0.6) is 5.75 Å². The van der Waals surface area contributed by atoms with Gasteiger partial charge in [-0.15, -0.1) is 13.2 Å². The van der Waals surface area contributed by atoms with Crippen molar-refractivity contribution >= 4 is 11.8 Å². The fraction of sp³-hybridized carbons (Fsp3) is 0.375. The summed E-state index contributed by atoms with van der Waals surface area (Å²) in [4.78, 5) is 10.8. The number of aromatic nitrogens is 2. The smallest absolute Gasteiger partial charge is 0.405 e. The first-order valence-electron chi connectivity index (χ1n) is 7.39. The van der Waals surface area contributed by atoms with Crippen LogP contribution in [-0.2, 0) is 19.5 Å². The average Bonchev–Trinajstić information content (AvgIpc) is 2.55. The van der Waals surface area contributed by atoms with Crippen LogP contribution in [0.4, 0.5) is 13.2 Å². The maximum absolute atomic E-state index is 12.5. The largest absolute Gasteiger partial charge is 0.573 e. The summed E-state index contributed by atoms with van der Waals surface area (Å²) in [5.74, 6) is -0.148. The zero-order chi connectivity index (χ0) is 17.2. The molecular formula is C16H16F3N3OS. The Morgan fingerprint density at radius 1 is 1.29 bits per heavy atom. The third-order valence-electron chi connectivity index (χ3n) is 3.77. The van der Waals surface area contributed by atoms with Gasteiger partial charge in [-0.3, -0.25) is 4.90 Å². The van der Waals surface area contributed by atoms with Crippen LogP contribution in [0.3, 0.4) is 0 Å². The number of benzene rings is 1. The Hall–Kier alpha value is -1.80. The molecule has 128 valence electrons. The van der Waals surface area contributed by atoms with E-state index in [-0.39, 0.29) is 5.75 Å². The van der Waals surface area contributed by atoms with Crippen molar-refractivity contribution in [3.05, 3.63) is 47.3 Å². The molecule has 0 N–H and O–H groups in total. The molecule has 2 heterocycles. The molecule has 0 fully saturated rings. The Balaban J connectivity index is 1.73. The quantitative estimate of drug-likeness (QED) is 0.618. The highest BCUT2D eigenvalue weighted by molar-refractivity contribution is 7.98. The van der Waals surface area contributed by atoms with E-state index in [1.165, 1.54) is 23.9 Å². The fourth-order valence-corrected chi connectivity index (χ4v) is 3.05. The van der Waals surface area contributed by atoms with Gasteiger partial charge in [0.1, 0.15) is 5.75 Å². The van der Waals surface area contributed by atoms with Crippen LogP contribution < -0.4 is 4.74 Å². The Labute approximate surface area is 142 Å². The van der Waals surface area contributed by atoms with Gasteiger partial charge in [-0.1, -0.05) is 30.0 Å². The first-order valence-corrected chi connectivity index (χ1v) is 8.62. The summed E-state index contributed by atoms with van der Waals surface area (Å²) in [6.07, 6.45) is -0.201. The first-order chi connectivity index (χ1) is 11.4. The van der Waals surface area contributed by atoms with E-state index in [2.05, 4.69) is 19.6 Å². The lowest BCUT2D eigenvalue weighted by Gasteiger charge is -2.28. The number of rotatable bonds is 4. The van der Waals surface area contributed by atoms with Crippen LogP contribution >= 0.6 is 11.8 Å². The van der Waals surface area contributed by atoms with Crippen molar-refractivity contribution in [1.29, 1.82) is 0 Å². The molecule has 0 bridgehead atoms. The first kappa shape index (κ1) is 17.0. The highest BCUT2D eigenvalue weighted by atomic mass is 32.2. The van der Waals surface area contributed by atoms with Crippen LogP contribution in [0.2, 0.25) is 0 Å². The van der Waals surface area contributed by atoms with E-state index in [4.69, 9.17) is 0 Å². The number of nitrogens with zero attached hydrogens (tertiary/aromatic N) is 3. The van der Waals surface area contributed by atoms with Crippen LogP contribution in [0.15, 0.2) is 35.6 Å². The Kier molecular flexibility index (Phi) is 4.96. The van der Waals surface area contributed by atoms with Crippen molar-refractivity contribution in [3.63, 3.8) is 0 Å². The lowest BCUT2D eigenvalue weighted by Crippen LogP contribution is -2.31. The second-order valence-electron chi connectivity index (χ2n) is 5.44. The molecule has 0 amide bonds. The molecule has 0 unspecified atom stereocenters. The summed E-state index contributed by atoms with van der Waals surface area (Å²) in [7, 11) is 0. The molecule has 1 aromatic carbocycles. The highest BCUT2D eigenvalue weighted by Crippen LogP contribution is 2.28. The van der Waals surface area contributed by atoms with Crippen molar-refractivity contribution in [2.24, 2.45) is 0 Å². The molecule has 0 aliphatic carbocycles. The van der Waals surface area contributed by atoms with Gasteiger partial charge in [0.25, 0.3) is 0 Å². The number of para-hydroxylation sites is 1. The molecule has 1 aliphatic heterocycles. The monoisotopic (exact) mass is 355 g/mol. The number of halogens is 3. The summed E-state index contributed by atoms with van der Waals surface area (Å²) < 4.78 is 41.7. The molecule has 1 aromatic heterocycles. The third kappa shape index (κ3) is 4.18. The fourth-order valence-electron chi connectivity index (χ4n) is 2.69. The third-order valence-corrected chi connectivity index (χ3v) is 4.33. The van der Waals surface area contributed by atoms with E-state index in [1.54, 1.807) is 18.3 Å². The Bertz CT molecular complexity index is 724. The van der Waals surface area contributed by atoms with E-state index in [9.17, 15) is 13.2 Å². The number of ether oxygens (including phenoxy) is 1. The van der Waals surface area contributed by atoms with Crippen molar-refractivity contribution < 1.29 is 17.9 Å². The Morgan fingerprint density at radius 2 is 2.08 bits per heavy atom. The molecule has 0 spiro atoms. The second-order valence-corrected chi connectivity index (χ2v) is 6.22. The molecule has 3 rings (SSSR count). The topological polar surface area (TPSA) is 38.2 Å². The van der Waals surface area contributed by atoms with Crippen LogP contribution in [0.1, 0.15) is 16.8 Å². The Morgan fingerprint density at radius 3 is 2.83 bits per heavy atom. The van der Waals surface area contributed by atoms with Gasteiger partial charge in [-0.2, -0.15) is 0 Å². The van der Waals surface area contributed by atoms with Gasteiger partial charge in [-0.05, 0) is 12.3 Å². The number of fused-ring (bicyclic) bond motifs is 1. The maximum Gasteiger partial charge on any atom is 0.573 e. The van der Waals surface area contributed by atoms with Crippen molar-refractivity contribution in [2.45, 2.75) is 31.0 Å². The number of hydrogen-bond donors (Lipinski definition) is 0. The van der Waals surface area contributed by atoms with E-state index in [0.717, 1.165) is 29.4 Å². The molecule has 0 atom stereocenters. The van der Waals surface area contributed by atoms with Crippen LogP contribution in [0.25, 0.3) is 0 Å². The molecule has 8 heteroatoms. The zero-order valence-corrected chi connectivity index (χ0v) is 13.8. The van der Waals surface area contributed by atoms with Gasteiger partial charge in [0.2, 0.25) is 0 Å².